The fourth-order valence-electron chi connectivity index (χ4n) is 1.63. The smallest absolute Gasteiger partial charge is 0.251 e. The van der Waals surface area contributed by atoms with Gasteiger partial charge in [-0.1, -0.05) is 0 Å². The molecule has 0 atom stereocenters. The minimum Gasteiger partial charge on any atom is -0.491 e. The van der Waals surface area contributed by atoms with Gasteiger partial charge in [0.2, 0.25) is 0 Å². The van der Waals surface area contributed by atoms with E-state index in [2.05, 4.69) is 5.32 Å². The number of ether oxygens (including phenoxy) is 2. The first-order chi connectivity index (χ1) is 9.79. The monoisotopic (exact) mass is 275 g/mol. The van der Waals surface area contributed by atoms with Crippen molar-refractivity contribution in [1.82, 2.24) is 5.32 Å². The molecule has 1 amide bonds. The molecule has 1 aromatic heterocycles. The highest BCUT2D eigenvalue weighted by Crippen LogP contribution is 2.12. The maximum atomic E-state index is 11.9. The third kappa shape index (κ3) is 4.13. The molecule has 0 unspecified atom stereocenters. The molecule has 2 aromatic rings. The van der Waals surface area contributed by atoms with Gasteiger partial charge in [0.25, 0.3) is 5.91 Å². The Balaban J connectivity index is 1.84. The van der Waals surface area contributed by atoms with Crippen LogP contribution >= 0.6 is 0 Å². The second kappa shape index (κ2) is 7.35. The Morgan fingerprint density at radius 2 is 2.00 bits per heavy atom. The summed E-state index contributed by atoms with van der Waals surface area (Å²) in [4.78, 5) is 11.9. The highest BCUT2D eigenvalue weighted by Gasteiger charge is 2.06. The standard InChI is InChI=1S/C15H17NO4/c1-18-9-10-20-13-6-4-12(5-7-13)15(17)16-11-14-3-2-8-19-14/h2-8H,9-11H2,1H3,(H,16,17). The minimum atomic E-state index is -0.148. The first-order valence-electron chi connectivity index (χ1n) is 6.32. The van der Waals surface area contributed by atoms with Crippen LogP contribution < -0.4 is 10.1 Å². The molecule has 1 aromatic carbocycles. The van der Waals surface area contributed by atoms with Crippen molar-refractivity contribution in [3.05, 3.63) is 54.0 Å². The molecule has 106 valence electrons. The van der Waals surface area contributed by atoms with Crippen LogP contribution in [0.25, 0.3) is 0 Å². The number of methoxy groups -OCH3 is 1. The lowest BCUT2D eigenvalue weighted by atomic mass is 10.2. The van der Waals surface area contributed by atoms with Crippen molar-refractivity contribution in [2.75, 3.05) is 20.3 Å². The average Bonchev–Trinajstić information content (AvgIpc) is 2.99. The largest absolute Gasteiger partial charge is 0.491 e. The lowest BCUT2D eigenvalue weighted by molar-refractivity contribution is 0.0948. The van der Waals surface area contributed by atoms with Gasteiger partial charge >= 0.3 is 0 Å². The molecule has 20 heavy (non-hydrogen) atoms. The van der Waals surface area contributed by atoms with Crippen molar-refractivity contribution in [2.24, 2.45) is 0 Å². The summed E-state index contributed by atoms with van der Waals surface area (Å²) >= 11 is 0. The molecule has 0 fully saturated rings. The van der Waals surface area contributed by atoms with Crippen LogP contribution in [-0.4, -0.2) is 26.2 Å². The SMILES string of the molecule is COCCOc1ccc(C(=O)NCc2ccco2)cc1. The number of furan rings is 1. The quantitative estimate of drug-likeness (QED) is 0.787. The number of nitrogens with one attached hydrogen (secondary N) is 1. The lowest BCUT2D eigenvalue weighted by Gasteiger charge is -2.07. The number of benzene rings is 1. The molecule has 5 heteroatoms. The summed E-state index contributed by atoms with van der Waals surface area (Å²) in [6.45, 7) is 1.39. The van der Waals surface area contributed by atoms with E-state index in [0.29, 0.717) is 31.1 Å². The highest BCUT2D eigenvalue weighted by atomic mass is 16.5. The van der Waals surface area contributed by atoms with Crippen LogP contribution in [0.1, 0.15) is 16.1 Å². The summed E-state index contributed by atoms with van der Waals surface area (Å²) in [6, 6.07) is 10.6. The molecular formula is C15H17NO4. The second-order valence-electron chi connectivity index (χ2n) is 4.13. The van der Waals surface area contributed by atoms with Crippen molar-refractivity contribution in [3.63, 3.8) is 0 Å². The molecule has 5 nitrogen and oxygen atoms in total. The molecule has 0 saturated carbocycles. The van der Waals surface area contributed by atoms with Gasteiger partial charge in [-0.2, -0.15) is 0 Å². The molecule has 0 aliphatic heterocycles. The van der Waals surface area contributed by atoms with Crippen LogP contribution in [-0.2, 0) is 11.3 Å². The van der Waals surface area contributed by atoms with E-state index in [4.69, 9.17) is 13.9 Å². The summed E-state index contributed by atoms with van der Waals surface area (Å²) < 4.78 is 15.5. The Hall–Kier alpha value is -2.27. The number of carbonyl (C=O) groups excluding carboxylic acids is 1. The Labute approximate surface area is 117 Å². The number of amides is 1. The van der Waals surface area contributed by atoms with Crippen LogP contribution in [0.5, 0.6) is 5.75 Å². The summed E-state index contributed by atoms with van der Waals surface area (Å²) in [5, 5.41) is 2.78. The van der Waals surface area contributed by atoms with E-state index >= 15 is 0 Å². The average molecular weight is 275 g/mol. The van der Waals surface area contributed by atoms with Gasteiger partial charge in [-0.3, -0.25) is 4.79 Å². The van der Waals surface area contributed by atoms with Crippen molar-refractivity contribution in [3.8, 4) is 5.75 Å². The van der Waals surface area contributed by atoms with Crippen LogP contribution in [0.4, 0.5) is 0 Å². The Morgan fingerprint density at radius 1 is 1.20 bits per heavy atom. The van der Waals surface area contributed by atoms with Crippen molar-refractivity contribution < 1.29 is 18.7 Å². The van der Waals surface area contributed by atoms with Gasteiger partial charge in [0.1, 0.15) is 18.1 Å². The van der Waals surface area contributed by atoms with Crippen LogP contribution in [0.3, 0.4) is 0 Å². The second-order valence-corrected chi connectivity index (χ2v) is 4.13. The number of hydrogen-bond acceptors (Lipinski definition) is 4. The Kier molecular flexibility index (Phi) is 5.20. The zero-order chi connectivity index (χ0) is 14.2. The third-order valence-electron chi connectivity index (χ3n) is 2.68. The summed E-state index contributed by atoms with van der Waals surface area (Å²) in [7, 11) is 1.62. The van der Waals surface area contributed by atoms with Gasteiger partial charge in [0.15, 0.2) is 0 Å². The predicted molar refractivity (Wildman–Crippen MR) is 73.7 cm³/mol. The number of rotatable bonds is 7. The van der Waals surface area contributed by atoms with Gasteiger partial charge in [0.05, 0.1) is 19.4 Å². The van der Waals surface area contributed by atoms with E-state index in [-0.39, 0.29) is 5.91 Å². The van der Waals surface area contributed by atoms with Crippen LogP contribution in [0.15, 0.2) is 47.1 Å². The molecule has 2 rings (SSSR count). The van der Waals surface area contributed by atoms with E-state index in [1.54, 1.807) is 43.7 Å². The molecule has 0 bridgehead atoms. The zero-order valence-corrected chi connectivity index (χ0v) is 11.3. The predicted octanol–water partition coefficient (Wildman–Crippen LogP) is 2.23. The number of hydrogen-bond donors (Lipinski definition) is 1. The molecule has 0 aliphatic rings. The minimum absolute atomic E-state index is 0.148. The van der Waals surface area contributed by atoms with Crippen LogP contribution in [0.2, 0.25) is 0 Å². The van der Waals surface area contributed by atoms with E-state index in [0.717, 1.165) is 5.76 Å². The highest BCUT2D eigenvalue weighted by molar-refractivity contribution is 5.94. The van der Waals surface area contributed by atoms with Crippen molar-refractivity contribution >= 4 is 5.91 Å². The van der Waals surface area contributed by atoms with E-state index in [1.807, 2.05) is 6.07 Å². The summed E-state index contributed by atoms with van der Waals surface area (Å²) in [5.74, 6) is 1.28. The fraction of sp³-hybridized carbons (Fsp3) is 0.267. The summed E-state index contributed by atoms with van der Waals surface area (Å²) in [5.41, 5.74) is 0.579. The van der Waals surface area contributed by atoms with Gasteiger partial charge in [-0.15, -0.1) is 0 Å². The first kappa shape index (κ1) is 14.1. The maximum Gasteiger partial charge on any atom is 0.251 e. The summed E-state index contributed by atoms with van der Waals surface area (Å²) in [6.07, 6.45) is 1.58. The van der Waals surface area contributed by atoms with E-state index in [9.17, 15) is 4.79 Å². The van der Waals surface area contributed by atoms with Crippen LogP contribution in [0, 0.1) is 0 Å². The first-order valence-corrected chi connectivity index (χ1v) is 6.32. The van der Waals surface area contributed by atoms with Gasteiger partial charge in [-0.05, 0) is 36.4 Å². The lowest BCUT2D eigenvalue weighted by Crippen LogP contribution is -2.22. The normalized spacial score (nSPS) is 10.2. The molecule has 1 heterocycles. The molecule has 0 spiro atoms. The number of carbonyl (C=O) groups is 1. The molecule has 1 N–H and O–H groups in total. The van der Waals surface area contributed by atoms with Gasteiger partial charge in [-0.25, -0.2) is 0 Å². The zero-order valence-electron chi connectivity index (χ0n) is 11.3. The topological polar surface area (TPSA) is 60.7 Å². The fourth-order valence-corrected chi connectivity index (χ4v) is 1.63. The van der Waals surface area contributed by atoms with Gasteiger partial charge < -0.3 is 19.2 Å². The van der Waals surface area contributed by atoms with Gasteiger partial charge in [0, 0.05) is 12.7 Å². The van der Waals surface area contributed by atoms with Crippen molar-refractivity contribution in [1.29, 1.82) is 0 Å². The van der Waals surface area contributed by atoms with Crippen molar-refractivity contribution in [2.45, 2.75) is 6.54 Å². The Bertz CT molecular complexity index is 519. The van der Waals surface area contributed by atoms with E-state index in [1.165, 1.54) is 0 Å². The molecular weight excluding hydrogens is 258 g/mol. The Morgan fingerprint density at radius 3 is 2.65 bits per heavy atom. The maximum absolute atomic E-state index is 11.9. The molecule has 0 radical (unpaired) electrons. The van der Waals surface area contributed by atoms with E-state index < -0.39 is 0 Å². The molecule has 0 saturated heterocycles. The third-order valence-corrected chi connectivity index (χ3v) is 2.68. The molecule has 0 aliphatic carbocycles.